The molecular weight excluding hydrogens is 240 g/mol. The zero-order chi connectivity index (χ0) is 13.1. The fourth-order valence-corrected chi connectivity index (χ4v) is 1.96. The summed E-state index contributed by atoms with van der Waals surface area (Å²) in [5.41, 5.74) is 2.06. The first kappa shape index (κ1) is 11.6. The van der Waals surface area contributed by atoms with E-state index in [-0.39, 0.29) is 0 Å². The fraction of sp³-hybridized carbons (Fsp3) is 0.133. The van der Waals surface area contributed by atoms with E-state index in [1.54, 1.807) is 13.3 Å². The number of aromatic amines is 1. The Labute approximate surface area is 111 Å². The number of hydrogen-bond donors (Lipinski definition) is 1. The highest BCUT2D eigenvalue weighted by atomic mass is 16.5. The summed E-state index contributed by atoms with van der Waals surface area (Å²) >= 11 is 0. The first-order chi connectivity index (χ1) is 9.36. The molecular formula is C15H14N2O2. The zero-order valence-corrected chi connectivity index (χ0v) is 10.6. The molecule has 19 heavy (non-hydrogen) atoms. The van der Waals surface area contributed by atoms with Crippen molar-refractivity contribution in [2.24, 2.45) is 0 Å². The van der Waals surface area contributed by atoms with Crippen molar-refractivity contribution in [3.63, 3.8) is 0 Å². The molecule has 1 aromatic heterocycles. The summed E-state index contributed by atoms with van der Waals surface area (Å²) < 4.78 is 11.2. The van der Waals surface area contributed by atoms with E-state index in [1.807, 2.05) is 42.5 Å². The molecule has 0 unspecified atom stereocenters. The van der Waals surface area contributed by atoms with Crippen LogP contribution in [-0.2, 0) is 6.61 Å². The van der Waals surface area contributed by atoms with Gasteiger partial charge in [-0.25, -0.2) is 0 Å². The molecule has 2 aromatic carbocycles. The monoisotopic (exact) mass is 254 g/mol. The van der Waals surface area contributed by atoms with Crippen molar-refractivity contribution in [3.05, 3.63) is 54.2 Å². The van der Waals surface area contributed by atoms with Gasteiger partial charge in [0.25, 0.3) is 0 Å². The number of nitrogens with zero attached hydrogens (tertiary/aromatic N) is 1. The van der Waals surface area contributed by atoms with Crippen LogP contribution in [-0.4, -0.2) is 17.3 Å². The maximum absolute atomic E-state index is 5.82. The standard InChI is InChI=1S/C15H14N2O2/c1-18-14-8-13-12(9-16-17-13)7-15(14)19-10-11-5-3-2-4-6-11/h2-9H,10H2,1H3,(H,16,17). The van der Waals surface area contributed by atoms with E-state index < -0.39 is 0 Å². The molecule has 0 spiro atoms. The van der Waals surface area contributed by atoms with E-state index in [4.69, 9.17) is 9.47 Å². The van der Waals surface area contributed by atoms with Crippen LogP contribution in [0, 0.1) is 0 Å². The largest absolute Gasteiger partial charge is 0.493 e. The summed E-state index contributed by atoms with van der Waals surface area (Å²) in [5, 5.41) is 7.91. The molecule has 3 aromatic rings. The molecule has 0 fully saturated rings. The van der Waals surface area contributed by atoms with E-state index >= 15 is 0 Å². The zero-order valence-electron chi connectivity index (χ0n) is 10.6. The number of ether oxygens (including phenoxy) is 2. The third-order valence-corrected chi connectivity index (χ3v) is 2.96. The van der Waals surface area contributed by atoms with Crippen molar-refractivity contribution in [1.82, 2.24) is 10.2 Å². The highest BCUT2D eigenvalue weighted by Gasteiger charge is 2.08. The van der Waals surface area contributed by atoms with Gasteiger partial charge in [0.05, 0.1) is 18.8 Å². The molecule has 0 saturated carbocycles. The molecule has 0 bridgehead atoms. The SMILES string of the molecule is COc1cc2[nH]ncc2cc1OCc1ccccc1. The van der Waals surface area contributed by atoms with Gasteiger partial charge in [-0.3, -0.25) is 5.10 Å². The minimum absolute atomic E-state index is 0.514. The van der Waals surface area contributed by atoms with Gasteiger partial charge in [-0.05, 0) is 11.6 Å². The molecule has 0 saturated heterocycles. The van der Waals surface area contributed by atoms with Crippen molar-refractivity contribution in [3.8, 4) is 11.5 Å². The number of nitrogens with one attached hydrogen (secondary N) is 1. The molecule has 0 aliphatic carbocycles. The van der Waals surface area contributed by atoms with Gasteiger partial charge in [0.1, 0.15) is 6.61 Å². The maximum atomic E-state index is 5.82. The van der Waals surface area contributed by atoms with Gasteiger partial charge in [0, 0.05) is 11.5 Å². The Kier molecular flexibility index (Phi) is 3.06. The molecule has 4 heteroatoms. The third-order valence-electron chi connectivity index (χ3n) is 2.96. The van der Waals surface area contributed by atoms with E-state index in [0.29, 0.717) is 12.4 Å². The normalized spacial score (nSPS) is 10.6. The summed E-state index contributed by atoms with van der Waals surface area (Å²) in [4.78, 5) is 0. The van der Waals surface area contributed by atoms with Gasteiger partial charge in [-0.2, -0.15) is 5.10 Å². The van der Waals surface area contributed by atoms with Gasteiger partial charge in [0.15, 0.2) is 11.5 Å². The lowest BCUT2D eigenvalue weighted by Crippen LogP contribution is -1.97. The molecule has 1 N–H and O–H groups in total. The van der Waals surface area contributed by atoms with Gasteiger partial charge in [-0.15, -0.1) is 0 Å². The predicted molar refractivity (Wildman–Crippen MR) is 73.4 cm³/mol. The number of benzene rings is 2. The molecule has 0 amide bonds. The number of aromatic nitrogens is 2. The molecule has 0 atom stereocenters. The highest BCUT2D eigenvalue weighted by Crippen LogP contribution is 2.31. The van der Waals surface area contributed by atoms with Gasteiger partial charge >= 0.3 is 0 Å². The summed E-state index contributed by atoms with van der Waals surface area (Å²) in [6.07, 6.45) is 1.77. The van der Waals surface area contributed by atoms with Gasteiger partial charge in [-0.1, -0.05) is 30.3 Å². The summed E-state index contributed by atoms with van der Waals surface area (Å²) in [5.74, 6) is 1.42. The molecule has 0 radical (unpaired) electrons. The number of fused-ring (bicyclic) bond motifs is 1. The van der Waals surface area contributed by atoms with E-state index in [9.17, 15) is 0 Å². The first-order valence-electron chi connectivity index (χ1n) is 6.04. The molecule has 3 rings (SSSR count). The second kappa shape index (κ2) is 5.02. The van der Waals surface area contributed by atoms with Crippen LogP contribution in [0.25, 0.3) is 10.9 Å². The average Bonchev–Trinajstić information content (AvgIpc) is 2.92. The lowest BCUT2D eigenvalue weighted by atomic mass is 10.2. The van der Waals surface area contributed by atoms with E-state index in [1.165, 1.54) is 0 Å². The number of rotatable bonds is 4. The number of hydrogen-bond acceptors (Lipinski definition) is 3. The Morgan fingerprint density at radius 3 is 2.74 bits per heavy atom. The molecule has 96 valence electrons. The lowest BCUT2D eigenvalue weighted by Gasteiger charge is -2.10. The maximum Gasteiger partial charge on any atom is 0.162 e. The van der Waals surface area contributed by atoms with Crippen LogP contribution in [0.1, 0.15) is 5.56 Å². The van der Waals surface area contributed by atoms with Crippen LogP contribution in [0.4, 0.5) is 0 Å². The topological polar surface area (TPSA) is 47.1 Å². The molecule has 1 heterocycles. The van der Waals surface area contributed by atoms with Crippen molar-refractivity contribution >= 4 is 10.9 Å². The van der Waals surface area contributed by atoms with E-state index in [2.05, 4.69) is 10.2 Å². The summed E-state index contributed by atoms with van der Waals surface area (Å²) in [6, 6.07) is 13.9. The summed E-state index contributed by atoms with van der Waals surface area (Å²) in [7, 11) is 1.63. The predicted octanol–water partition coefficient (Wildman–Crippen LogP) is 3.15. The van der Waals surface area contributed by atoms with Crippen LogP contribution in [0.15, 0.2) is 48.7 Å². The third kappa shape index (κ3) is 2.38. The lowest BCUT2D eigenvalue weighted by molar-refractivity contribution is 0.285. The Balaban J connectivity index is 1.86. The molecule has 0 aliphatic rings. The van der Waals surface area contributed by atoms with Crippen molar-refractivity contribution in [1.29, 1.82) is 0 Å². The Bertz CT molecular complexity index is 677. The second-order valence-electron chi connectivity index (χ2n) is 4.23. The van der Waals surface area contributed by atoms with Crippen LogP contribution in [0.3, 0.4) is 0 Å². The van der Waals surface area contributed by atoms with Crippen LogP contribution in [0.5, 0.6) is 11.5 Å². The Morgan fingerprint density at radius 1 is 1.11 bits per heavy atom. The fourth-order valence-electron chi connectivity index (χ4n) is 1.96. The van der Waals surface area contributed by atoms with Crippen molar-refractivity contribution in [2.75, 3.05) is 7.11 Å². The van der Waals surface area contributed by atoms with E-state index in [0.717, 1.165) is 22.2 Å². The van der Waals surface area contributed by atoms with Gasteiger partial charge in [0.2, 0.25) is 0 Å². The second-order valence-corrected chi connectivity index (χ2v) is 4.23. The number of H-pyrrole nitrogens is 1. The smallest absolute Gasteiger partial charge is 0.162 e. The minimum atomic E-state index is 0.514. The van der Waals surface area contributed by atoms with Crippen LogP contribution in [0.2, 0.25) is 0 Å². The quantitative estimate of drug-likeness (QED) is 0.778. The number of methoxy groups -OCH3 is 1. The van der Waals surface area contributed by atoms with Crippen molar-refractivity contribution in [2.45, 2.75) is 6.61 Å². The van der Waals surface area contributed by atoms with Crippen molar-refractivity contribution < 1.29 is 9.47 Å². The summed E-state index contributed by atoms with van der Waals surface area (Å²) in [6.45, 7) is 0.514. The molecule has 0 aliphatic heterocycles. The Hall–Kier alpha value is -2.49. The van der Waals surface area contributed by atoms with Crippen LogP contribution >= 0.6 is 0 Å². The van der Waals surface area contributed by atoms with Gasteiger partial charge < -0.3 is 9.47 Å². The Morgan fingerprint density at radius 2 is 1.95 bits per heavy atom. The highest BCUT2D eigenvalue weighted by molar-refractivity contribution is 5.82. The minimum Gasteiger partial charge on any atom is -0.493 e. The first-order valence-corrected chi connectivity index (χ1v) is 6.04. The molecule has 4 nitrogen and oxygen atoms in total. The average molecular weight is 254 g/mol. The van der Waals surface area contributed by atoms with Crippen LogP contribution < -0.4 is 9.47 Å².